The smallest absolute Gasteiger partial charge is 0.0124 e. The summed E-state index contributed by atoms with van der Waals surface area (Å²) >= 11 is 0. The molecule has 50 valence electrons. The standard InChI is InChI=1S/C6H10N3/c7-5-1-8-2-6(5)3-9-4-6/h7,9H,1-4H2/q-1. The highest BCUT2D eigenvalue weighted by atomic mass is 15.1. The maximum Gasteiger partial charge on any atom is 0.0124 e. The minimum absolute atomic E-state index is 0.181. The predicted molar refractivity (Wildman–Crippen MR) is 36.1 cm³/mol. The van der Waals surface area contributed by atoms with E-state index >= 15 is 0 Å². The number of hydrogen-bond donors (Lipinski definition) is 2. The van der Waals surface area contributed by atoms with Crippen LogP contribution in [0.4, 0.5) is 0 Å². The van der Waals surface area contributed by atoms with E-state index in [4.69, 9.17) is 5.41 Å². The molecule has 2 N–H and O–H groups in total. The van der Waals surface area contributed by atoms with Gasteiger partial charge in [-0.1, -0.05) is 0 Å². The second kappa shape index (κ2) is 1.55. The van der Waals surface area contributed by atoms with Crippen LogP contribution in [0.1, 0.15) is 0 Å². The van der Waals surface area contributed by atoms with Crippen LogP contribution in [0.5, 0.6) is 0 Å². The van der Waals surface area contributed by atoms with E-state index in [9.17, 15) is 0 Å². The molecule has 2 rings (SSSR count). The molecule has 3 heteroatoms. The largest absolute Gasteiger partial charge is 0.657 e. The second-order valence-corrected chi connectivity index (χ2v) is 2.90. The lowest BCUT2D eigenvalue weighted by Gasteiger charge is -2.41. The summed E-state index contributed by atoms with van der Waals surface area (Å²) in [5, 5.41) is 14.9. The average molecular weight is 124 g/mol. The van der Waals surface area contributed by atoms with Crippen LogP contribution in [-0.2, 0) is 0 Å². The lowest BCUT2D eigenvalue weighted by Crippen LogP contribution is -2.57. The van der Waals surface area contributed by atoms with Gasteiger partial charge in [-0.2, -0.15) is 0 Å². The summed E-state index contributed by atoms with van der Waals surface area (Å²) in [7, 11) is 0. The zero-order chi connectivity index (χ0) is 6.32. The third-order valence-electron chi connectivity index (χ3n) is 2.25. The Labute approximate surface area is 54.3 Å². The molecule has 0 atom stereocenters. The van der Waals surface area contributed by atoms with E-state index in [0.29, 0.717) is 6.54 Å². The predicted octanol–water partition coefficient (Wildman–Crippen LogP) is -0.0169. The van der Waals surface area contributed by atoms with Crippen molar-refractivity contribution in [1.82, 2.24) is 5.32 Å². The van der Waals surface area contributed by atoms with Crippen molar-refractivity contribution in [3.8, 4) is 0 Å². The van der Waals surface area contributed by atoms with Gasteiger partial charge >= 0.3 is 0 Å². The maximum atomic E-state index is 7.52. The van der Waals surface area contributed by atoms with Crippen LogP contribution in [0, 0.1) is 10.8 Å². The van der Waals surface area contributed by atoms with Gasteiger partial charge in [0.25, 0.3) is 0 Å². The highest BCUT2D eigenvalue weighted by Gasteiger charge is 2.38. The lowest BCUT2D eigenvalue weighted by atomic mass is 9.80. The van der Waals surface area contributed by atoms with Crippen LogP contribution in [0.25, 0.3) is 5.32 Å². The third kappa shape index (κ3) is 0.559. The molecule has 2 aliphatic rings. The molecular formula is C6H10N3-. The van der Waals surface area contributed by atoms with Crippen LogP contribution >= 0.6 is 0 Å². The van der Waals surface area contributed by atoms with Crippen molar-refractivity contribution < 1.29 is 0 Å². The second-order valence-electron chi connectivity index (χ2n) is 2.90. The van der Waals surface area contributed by atoms with Crippen LogP contribution in [-0.4, -0.2) is 31.9 Å². The molecule has 0 aromatic rings. The molecule has 0 amide bonds. The Balaban J connectivity index is 2.17. The molecule has 3 nitrogen and oxygen atoms in total. The Morgan fingerprint density at radius 2 is 2.33 bits per heavy atom. The summed E-state index contributed by atoms with van der Waals surface area (Å²) in [4.78, 5) is 0. The lowest BCUT2D eigenvalue weighted by molar-refractivity contribution is 0.297. The molecule has 0 saturated carbocycles. The summed E-state index contributed by atoms with van der Waals surface area (Å²) in [6.45, 7) is 3.53. The summed E-state index contributed by atoms with van der Waals surface area (Å²) < 4.78 is 0. The molecular weight excluding hydrogens is 114 g/mol. The quantitative estimate of drug-likeness (QED) is 0.468. The first kappa shape index (κ1) is 5.38. The Morgan fingerprint density at radius 3 is 2.56 bits per heavy atom. The van der Waals surface area contributed by atoms with Crippen molar-refractivity contribution in [2.24, 2.45) is 5.41 Å². The van der Waals surface area contributed by atoms with Crippen LogP contribution in [0.2, 0.25) is 0 Å². The van der Waals surface area contributed by atoms with Crippen molar-refractivity contribution in [3.05, 3.63) is 5.32 Å². The number of rotatable bonds is 0. The first-order chi connectivity index (χ1) is 4.33. The van der Waals surface area contributed by atoms with Gasteiger partial charge in [0.15, 0.2) is 0 Å². The van der Waals surface area contributed by atoms with Gasteiger partial charge in [-0.15, -0.1) is 13.1 Å². The molecule has 0 aliphatic carbocycles. The zero-order valence-corrected chi connectivity index (χ0v) is 5.28. The van der Waals surface area contributed by atoms with Gasteiger partial charge in [0, 0.05) is 18.5 Å². The molecule has 1 spiro atoms. The fourth-order valence-corrected chi connectivity index (χ4v) is 1.40. The van der Waals surface area contributed by atoms with E-state index in [1.165, 1.54) is 0 Å². The third-order valence-corrected chi connectivity index (χ3v) is 2.25. The highest BCUT2D eigenvalue weighted by molar-refractivity contribution is 5.95. The Morgan fingerprint density at radius 1 is 1.56 bits per heavy atom. The molecule has 2 aliphatic heterocycles. The normalized spacial score (nSPS) is 30.9. The van der Waals surface area contributed by atoms with E-state index in [0.717, 1.165) is 25.3 Å². The van der Waals surface area contributed by atoms with Crippen LogP contribution in [0.3, 0.4) is 0 Å². The fraction of sp³-hybridized carbons (Fsp3) is 0.833. The molecule has 0 bridgehead atoms. The molecule has 2 heterocycles. The van der Waals surface area contributed by atoms with E-state index in [2.05, 4.69) is 10.6 Å². The van der Waals surface area contributed by atoms with Gasteiger partial charge in [0.1, 0.15) is 0 Å². The molecule has 2 saturated heterocycles. The van der Waals surface area contributed by atoms with E-state index < -0.39 is 0 Å². The van der Waals surface area contributed by atoms with Crippen molar-refractivity contribution in [3.63, 3.8) is 0 Å². The first-order valence-electron chi connectivity index (χ1n) is 3.25. The number of nitrogens with zero attached hydrogens (tertiary/aromatic N) is 1. The van der Waals surface area contributed by atoms with Gasteiger partial charge < -0.3 is 16.0 Å². The SMILES string of the molecule is N=C1C[N-]CC12CNC2. The molecule has 2 fully saturated rings. The average Bonchev–Trinajstić information content (AvgIpc) is 2.07. The van der Waals surface area contributed by atoms with Gasteiger partial charge in [0.2, 0.25) is 0 Å². The van der Waals surface area contributed by atoms with Crippen LogP contribution in [0.15, 0.2) is 0 Å². The van der Waals surface area contributed by atoms with E-state index in [1.807, 2.05) is 0 Å². The summed E-state index contributed by atoms with van der Waals surface area (Å²) in [5.41, 5.74) is 1.02. The molecule has 0 aromatic heterocycles. The van der Waals surface area contributed by atoms with Crippen molar-refractivity contribution >= 4 is 5.71 Å². The minimum atomic E-state index is 0.181. The Bertz CT molecular complexity index is 148. The summed E-state index contributed by atoms with van der Waals surface area (Å²) in [6.07, 6.45) is 0. The van der Waals surface area contributed by atoms with Crippen molar-refractivity contribution in [2.45, 2.75) is 0 Å². The van der Waals surface area contributed by atoms with Gasteiger partial charge in [-0.25, -0.2) is 0 Å². The molecule has 9 heavy (non-hydrogen) atoms. The fourth-order valence-electron chi connectivity index (χ4n) is 1.40. The van der Waals surface area contributed by atoms with Crippen molar-refractivity contribution in [2.75, 3.05) is 26.2 Å². The number of nitrogens with one attached hydrogen (secondary N) is 2. The topological polar surface area (TPSA) is 50.0 Å². The highest BCUT2D eigenvalue weighted by Crippen LogP contribution is 2.31. The van der Waals surface area contributed by atoms with Crippen LogP contribution < -0.4 is 5.32 Å². The first-order valence-corrected chi connectivity index (χ1v) is 3.25. The monoisotopic (exact) mass is 124 g/mol. The Kier molecular flexibility index (Phi) is 0.926. The van der Waals surface area contributed by atoms with Gasteiger partial charge in [-0.05, 0) is 5.71 Å². The Hall–Kier alpha value is -0.410. The molecule has 0 unspecified atom stereocenters. The van der Waals surface area contributed by atoms with Crippen molar-refractivity contribution in [1.29, 1.82) is 5.41 Å². The minimum Gasteiger partial charge on any atom is -0.657 e. The summed E-state index contributed by atoms with van der Waals surface area (Å²) in [5.74, 6) is 0. The van der Waals surface area contributed by atoms with E-state index in [1.54, 1.807) is 0 Å². The zero-order valence-electron chi connectivity index (χ0n) is 5.28. The number of hydrogen-bond acceptors (Lipinski definition) is 2. The molecule has 0 radical (unpaired) electrons. The summed E-state index contributed by atoms with van der Waals surface area (Å²) in [6, 6.07) is 0. The molecule has 0 aromatic carbocycles. The van der Waals surface area contributed by atoms with Gasteiger partial charge in [-0.3, -0.25) is 0 Å². The van der Waals surface area contributed by atoms with Gasteiger partial charge in [0.05, 0.1) is 0 Å². The van der Waals surface area contributed by atoms with E-state index in [-0.39, 0.29) is 5.41 Å². The maximum absolute atomic E-state index is 7.52.